The molecule has 0 radical (unpaired) electrons. The molecule has 0 saturated carbocycles. The summed E-state index contributed by atoms with van der Waals surface area (Å²) in [6.45, 7) is 4.24. The lowest BCUT2D eigenvalue weighted by Crippen LogP contribution is -2.06. The molecule has 0 aliphatic carbocycles. The van der Waals surface area contributed by atoms with E-state index in [0.29, 0.717) is 0 Å². The highest BCUT2D eigenvalue weighted by molar-refractivity contribution is 7.12. The van der Waals surface area contributed by atoms with Gasteiger partial charge in [-0.1, -0.05) is 0 Å². The quantitative estimate of drug-likeness (QED) is 0.759. The summed E-state index contributed by atoms with van der Waals surface area (Å²) in [7, 11) is 0. The molecule has 3 aromatic rings. The van der Waals surface area contributed by atoms with E-state index >= 15 is 0 Å². The van der Waals surface area contributed by atoms with Crippen molar-refractivity contribution in [1.29, 1.82) is 0 Å². The molecule has 5 nitrogen and oxygen atoms in total. The zero-order chi connectivity index (χ0) is 12.5. The van der Waals surface area contributed by atoms with Gasteiger partial charge in [0.15, 0.2) is 5.65 Å². The summed E-state index contributed by atoms with van der Waals surface area (Å²) in [6, 6.07) is 4.49. The van der Waals surface area contributed by atoms with Gasteiger partial charge in [0.05, 0.1) is 17.6 Å². The number of hydrogen-bond donors (Lipinski definition) is 2. The first-order chi connectivity index (χ1) is 8.74. The maximum absolute atomic E-state index is 4.27. The third-order valence-corrected chi connectivity index (χ3v) is 3.97. The van der Waals surface area contributed by atoms with Crippen LogP contribution in [0.4, 0.5) is 5.82 Å². The molecule has 0 unspecified atom stereocenters. The third kappa shape index (κ3) is 1.95. The largest absolute Gasteiger partial charge is 0.362 e. The van der Waals surface area contributed by atoms with Gasteiger partial charge in [-0.3, -0.25) is 5.10 Å². The molecule has 0 saturated heterocycles. The van der Waals surface area contributed by atoms with Gasteiger partial charge in [0.2, 0.25) is 0 Å². The molecule has 3 aromatic heterocycles. The number of H-pyrrole nitrogens is 1. The molecule has 1 atom stereocenters. The van der Waals surface area contributed by atoms with Crippen molar-refractivity contribution in [2.75, 3.05) is 5.32 Å². The summed E-state index contributed by atoms with van der Waals surface area (Å²) >= 11 is 1.79. The topological polar surface area (TPSA) is 66.5 Å². The first-order valence-corrected chi connectivity index (χ1v) is 6.52. The second kappa shape index (κ2) is 4.38. The molecule has 2 N–H and O–H groups in total. The number of nitrogens with one attached hydrogen (secondary N) is 2. The van der Waals surface area contributed by atoms with E-state index in [4.69, 9.17) is 0 Å². The fourth-order valence-corrected chi connectivity index (χ4v) is 2.72. The average Bonchev–Trinajstić information content (AvgIpc) is 2.97. The highest BCUT2D eigenvalue weighted by Gasteiger charge is 2.11. The molecule has 18 heavy (non-hydrogen) atoms. The Kier molecular flexibility index (Phi) is 2.71. The number of thiophene rings is 1. The Bertz CT molecular complexity index is 672. The zero-order valence-electron chi connectivity index (χ0n) is 10.1. The van der Waals surface area contributed by atoms with Gasteiger partial charge in [-0.2, -0.15) is 5.10 Å². The standard InChI is InChI=1S/C12H13N5S/c1-7-3-4-10(18-7)8(2)16-11-9-5-15-17-12(9)14-6-13-11/h3-6,8H,1-2H3,(H2,13,14,15,16,17)/t8-/m1/s1. The minimum Gasteiger partial charge on any atom is -0.362 e. The van der Waals surface area contributed by atoms with Crippen LogP contribution in [-0.4, -0.2) is 20.2 Å². The van der Waals surface area contributed by atoms with Crippen LogP contribution in [0.3, 0.4) is 0 Å². The lowest BCUT2D eigenvalue weighted by Gasteiger charge is -2.12. The van der Waals surface area contributed by atoms with E-state index in [1.165, 1.54) is 16.1 Å². The predicted octanol–water partition coefficient (Wildman–Crippen LogP) is 2.90. The van der Waals surface area contributed by atoms with Gasteiger partial charge in [0.25, 0.3) is 0 Å². The summed E-state index contributed by atoms with van der Waals surface area (Å²) in [6.07, 6.45) is 3.28. The van der Waals surface area contributed by atoms with Crippen LogP contribution in [0.25, 0.3) is 11.0 Å². The van der Waals surface area contributed by atoms with Gasteiger partial charge < -0.3 is 5.32 Å². The first-order valence-electron chi connectivity index (χ1n) is 5.71. The molecule has 92 valence electrons. The Morgan fingerprint density at radius 1 is 1.33 bits per heavy atom. The minimum atomic E-state index is 0.219. The molecule has 0 aliphatic rings. The van der Waals surface area contributed by atoms with Crippen molar-refractivity contribution in [1.82, 2.24) is 20.2 Å². The predicted molar refractivity (Wildman–Crippen MR) is 72.8 cm³/mol. The molecule has 3 rings (SSSR count). The van der Waals surface area contributed by atoms with Crippen molar-refractivity contribution in [2.24, 2.45) is 0 Å². The maximum atomic E-state index is 4.27. The highest BCUT2D eigenvalue weighted by Crippen LogP contribution is 2.27. The maximum Gasteiger partial charge on any atom is 0.160 e. The molecule has 3 heterocycles. The Morgan fingerprint density at radius 3 is 3.00 bits per heavy atom. The Morgan fingerprint density at radius 2 is 2.22 bits per heavy atom. The molecule has 0 fully saturated rings. The van der Waals surface area contributed by atoms with Gasteiger partial charge in [-0.25, -0.2) is 9.97 Å². The second-order valence-corrected chi connectivity index (χ2v) is 5.49. The van der Waals surface area contributed by atoms with Crippen LogP contribution in [-0.2, 0) is 0 Å². The van der Waals surface area contributed by atoms with Gasteiger partial charge in [-0.05, 0) is 26.0 Å². The van der Waals surface area contributed by atoms with Gasteiger partial charge in [0, 0.05) is 9.75 Å². The summed E-state index contributed by atoms with van der Waals surface area (Å²) in [4.78, 5) is 11.0. The van der Waals surface area contributed by atoms with Gasteiger partial charge in [0.1, 0.15) is 12.1 Å². The number of aromatic amines is 1. The van der Waals surface area contributed by atoms with E-state index in [9.17, 15) is 0 Å². The normalized spacial score (nSPS) is 12.8. The van der Waals surface area contributed by atoms with Crippen LogP contribution in [0.1, 0.15) is 22.7 Å². The number of fused-ring (bicyclic) bond motifs is 1. The molecular weight excluding hydrogens is 246 g/mol. The van der Waals surface area contributed by atoms with E-state index < -0.39 is 0 Å². The lowest BCUT2D eigenvalue weighted by molar-refractivity contribution is 0.897. The van der Waals surface area contributed by atoms with Crippen LogP contribution in [0.2, 0.25) is 0 Å². The van der Waals surface area contributed by atoms with Crippen LogP contribution in [0.15, 0.2) is 24.7 Å². The van der Waals surface area contributed by atoms with E-state index in [0.717, 1.165) is 16.9 Å². The zero-order valence-corrected chi connectivity index (χ0v) is 11.0. The van der Waals surface area contributed by atoms with Crippen LogP contribution >= 0.6 is 11.3 Å². The highest BCUT2D eigenvalue weighted by atomic mass is 32.1. The number of aryl methyl sites for hydroxylation is 1. The fraction of sp³-hybridized carbons (Fsp3) is 0.250. The van der Waals surface area contributed by atoms with Crippen molar-refractivity contribution in [3.8, 4) is 0 Å². The van der Waals surface area contributed by atoms with Crippen LogP contribution < -0.4 is 5.32 Å². The average molecular weight is 259 g/mol. The molecule has 6 heteroatoms. The summed E-state index contributed by atoms with van der Waals surface area (Å²) in [5.74, 6) is 0.812. The van der Waals surface area contributed by atoms with Crippen molar-refractivity contribution in [3.63, 3.8) is 0 Å². The smallest absolute Gasteiger partial charge is 0.160 e. The Labute approximate surface area is 108 Å². The molecule has 0 bridgehead atoms. The van der Waals surface area contributed by atoms with Crippen molar-refractivity contribution in [2.45, 2.75) is 19.9 Å². The monoisotopic (exact) mass is 259 g/mol. The molecular formula is C12H13N5S. The van der Waals surface area contributed by atoms with E-state index in [2.05, 4.69) is 51.5 Å². The Hall–Kier alpha value is -1.95. The molecule has 0 amide bonds. The minimum absolute atomic E-state index is 0.219. The second-order valence-electron chi connectivity index (χ2n) is 4.17. The molecule has 0 aliphatic heterocycles. The van der Waals surface area contributed by atoms with Gasteiger partial charge in [-0.15, -0.1) is 11.3 Å². The number of nitrogens with zero attached hydrogens (tertiary/aromatic N) is 3. The Balaban J connectivity index is 1.90. The van der Waals surface area contributed by atoms with E-state index in [1.54, 1.807) is 17.5 Å². The lowest BCUT2D eigenvalue weighted by atomic mass is 10.2. The summed E-state index contributed by atoms with van der Waals surface area (Å²) in [5.41, 5.74) is 0.752. The summed E-state index contributed by atoms with van der Waals surface area (Å²) in [5, 5.41) is 11.1. The SMILES string of the molecule is Cc1ccc([C@@H](C)Nc2ncnc3[nH]ncc23)s1. The van der Waals surface area contributed by atoms with Gasteiger partial charge >= 0.3 is 0 Å². The number of rotatable bonds is 3. The first kappa shape index (κ1) is 11.2. The van der Waals surface area contributed by atoms with Crippen molar-refractivity contribution in [3.05, 3.63) is 34.4 Å². The third-order valence-electron chi connectivity index (χ3n) is 2.79. The van der Waals surface area contributed by atoms with E-state index in [-0.39, 0.29) is 6.04 Å². The number of anilines is 1. The van der Waals surface area contributed by atoms with Crippen LogP contribution in [0.5, 0.6) is 0 Å². The number of aromatic nitrogens is 4. The molecule has 0 aromatic carbocycles. The van der Waals surface area contributed by atoms with Crippen molar-refractivity contribution < 1.29 is 0 Å². The van der Waals surface area contributed by atoms with Crippen molar-refractivity contribution >= 4 is 28.2 Å². The fourth-order valence-electron chi connectivity index (χ4n) is 1.84. The van der Waals surface area contributed by atoms with Crippen LogP contribution in [0, 0.1) is 6.92 Å². The number of hydrogen-bond acceptors (Lipinski definition) is 5. The van der Waals surface area contributed by atoms with E-state index in [1.807, 2.05) is 0 Å². The summed E-state index contributed by atoms with van der Waals surface area (Å²) < 4.78 is 0. The molecule has 0 spiro atoms.